The van der Waals surface area contributed by atoms with Crippen LogP contribution in [0.25, 0.3) is 22.2 Å². The number of rotatable bonds is 3. The highest BCUT2D eigenvalue weighted by Crippen LogP contribution is 2.27. The number of hydrogen-bond acceptors (Lipinski definition) is 3. The number of benzene rings is 2. The first kappa shape index (κ1) is 12.2. The molecule has 0 bridgehead atoms. The SMILES string of the molecule is COc1ccc2cc(-c3ccc([N+](=O)[O-])cc3)[nH]c2c1. The molecule has 0 saturated heterocycles. The molecule has 20 heavy (non-hydrogen) atoms. The summed E-state index contributed by atoms with van der Waals surface area (Å²) in [5.41, 5.74) is 2.89. The molecule has 0 aliphatic carbocycles. The van der Waals surface area contributed by atoms with Crippen molar-refractivity contribution in [2.45, 2.75) is 0 Å². The van der Waals surface area contributed by atoms with E-state index in [2.05, 4.69) is 4.98 Å². The maximum absolute atomic E-state index is 10.6. The number of ether oxygens (including phenoxy) is 1. The van der Waals surface area contributed by atoms with Crippen LogP contribution in [-0.4, -0.2) is 17.0 Å². The van der Waals surface area contributed by atoms with Crippen molar-refractivity contribution < 1.29 is 9.66 Å². The molecule has 1 heterocycles. The van der Waals surface area contributed by atoms with Crippen LogP contribution in [0.1, 0.15) is 0 Å². The molecule has 3 aromatic rings. The number of nitro benzene ring substituents is 1. The molecule has 1 aromatic heterocycles. The molecule has 0 radical (unpaired) electrons. The van der Waals surface area contributed by atoms with E-state index in [4.69, 9.17) is 4.74 Å². The lowest BCUT2D eigenvalue weighted by molar-refractivity contribution is -0.384. The Morgan fingerprint density at radius 1 is 1.10 bits per heavy atom. The first-order chi connectivity index (χ1) is 9.67. The zero-order chi connectivity index (χ0) is 14.1. The van der Waals surface area contributed by atoms with Crippen LogP contribution < -0.4 is 4.74 Å². The molecule has 0 unspecified atom stereocenters. The van der Waals surface area contributed by atoms with E-state index >= 15 is 0 Å². The Morgan fingerprint density at radius 2 is 1.85 bits per heavy atom. The van der Waals surface area contributed by atoms with Gasteiger partial charge in [-0.05, 0) is 35.9 Å². The van der Waals surface area contributed by atoms with Crippen molar-refractivity contribution in [2.24, 2.45) is 0 Å². The van der Waals surface area contributed by atoms with Gasteiger partial charge in [0, 0.05) is 34.8 Å². The topological polar surface area (TPSA) is 68.2 Å². The lowest BCUT2D eigenvalue weighted by Gasteiger charge is -1.98. The number of methoxy groups -OCH3 is 1. The Bertz CT molecular complexity index is 775. The molecule has 2 aromatic carbocycles. The van der Waals surface area contributed by atoms with E-state index in [1.165, 1.54) is 12.1 Å². The van der Waals surface area contributed by atoms with Crippen LogP contribution in [0, 0.1) is 10.1 Å². The van der Waals surface area contributed by atoms with E-state index in [0.717, 1.165) is 27.9 Å². The molecular weight excluding hydrogens is 256 g/mol. The maximum Gasteiger partial charge on any atom is 0.269 e. The zero-order valence-electron chi connectivity index (χ0n) is 10.8. The quantitative estimate of drug-likeness (QED) is 0.581. The van der Waals surface area contributed by atoms with Crippen LogP contribution >= 0.6 is 0 Å². The Balaban J connectivity index is 2.03. The summed E-state index contributed by atoms with van der Waals surface area (Å²) in [4.78, 5) is 13.5. The van der Waals surface area contributed by atoms with Crippen LogP contribution in [-0.2, 0) is 0 Å². The molecule has 0 spiro atoms. The first-order valence-electron chi connectivity index (χ1n) is 6.09. The van der Waals surface area contributed by atoms with E-state index in [0.29, 0.717) is 0 Å². The van der Waals surface area contributed by atoms with Gasteiger partial charge in [0.1, 0.15) is 5.75 Å². The Hall–Kier alpha value is -2.82. The molecule has 5 nitrogen and oxygen atoms in total. The minimum Gasteiger partial charge on any atom is -0.497 e. The van der Waals surface area contributed by atoms with Gasteiger partial charge in [-0.25, -0.2) is 0 Å². The second-order valence-electron chi connectivity index (χ2n) is 4.44. The number of aromatic amines is 1. The van der Waals surface area contributed by atoms with E-state index in [9.17, 15) is 10.1 Å². The Morgan fingerprint density at radius 3 is 2.50 bits per heavy atom. The van der Waals surface area contributed by atoms with Crippen LogP contribution in [0.3, 0.4) is 0 Å². The van der Waals surface area contributed by atoms with Crippen LogP contribution in [0.4, 0.5) is 5.69 Å². The molecule has 0 amide bonds. The van der Waals surface area contributed by atoms with Gasteiger partial charge in [-0.2, -0.15) is 0 Å². The third-order valence-electron chi connectivity index (χ3n) is 3.22. The second kappa shape index (κ2) is 4.70. The van der Waals surface area contributed by atoms with Gasteiger partial charge in [0.2, 0.25) is 0 Å². The molecule has 100 valence electrons. The highest BCUT2D eigenvalue weighted by Gasteiger charge is 2.07. The van der Waals surface area contributed by atoms with Gasteiger partial charge in [0.05, 0.1) is 12.0 Å². The average Bonchev–Trinajstić information content (AvgIpc) is 2.90. The van der Waals surface area contributed by atoms with Crippen molar-refractivity contribution >= 4 is 16.6 Å². The number of H-pyrrole nitrogens is 1. The first-order valence-corrected chi connectivity index (χ1v) is 6.09. The second-order valence-corrected chi connectivity index (χ2v) is 4.44. The van der Waals surface area contributed by atoms with Crippen molar-refractivity contribution in [3.05, 3.63) is 58.6 Å². The lowest BCUT2D eigenvalue weighted by Crippen LogP contribution is -1.87. The summed E-state index contributed by atoms with van der Waals surface area (Å²) in [5, 5.41) is 11.7. The van der Waals surface area contributed by atoms with Gasteiger partial charge >= 0.3 is 0 Å². The van der Waals surface area contributed by atoms with E-state index < -0.39 is 4.92 Å². The summed E-state index contributed by atoms with van der Waals surface area (Å²) in [5.74, 6) is 0.787. The molecule has 3 rings (SSSR count). The summed E-state index contributed by atoms with van der Waals surface area (Å²) in [6, 6.07) is 14.3. The summed E-state index contributed by atoms with van der Waals surface area (Å²) in [6.45, 7) is 0. The minimum atomic E-state index is -0.403. The van der Waals surface area contributed by atoms with Crippen molar-refractivity contribution in [2.75, 3.05) is 7.11 Å². The fraction of sp³-hybridized carbons (Fsp3) is 0.0667. The number of non-ortho nitro benzene ring substituents is 1. The van der Waals surface area contributed by atoms with E-state index in [1.807, 2.05) is 24.3 Å². The van der Waals surface area contributed by atoms with Crippen molar-refractivity contribution in [3.8, 4) is 17.0 Å². The lowest BCUT2D eigenvalue weighted by atomic mass is 10.1. The minimum absolute atomic E-state index is 0.0894. The monoisotopic (exact) mass is 268 g/mol. The normalized spacial score (nSPS) is 10.7. The van der Waals surface area contributed by atoms with Gasteiger partial charge in [0.15, 0.2) is 0 Å². The van der Waals surface area contributed by atoms with Crippen LogP contribution in [0.5, 0.6) is 5.75 Å². The summed E-state index contributed by atoms with van der Waals surface area (Å²) in [6.07, 6.45) is 0. The maximum atomic E-state index is 10.6. The number of nitrogens with one attached hydrogen (secondary N) is 1. The molecular formula is C15H12N2O3. The zero-order valence-corrected chi connectivity index (χ0v) is 10.8. The standard InChI is InChI=1S/C15H12N2O3/c1-20-13-7-4-11-8-14(16-15(11)9-13)10-2-5-12(6-3-10)17(18)19/h2-9,16H,1H3. The van der Waals surface area contributed by atoms with Crippen LogP contribution in [0.15, 0.2) is 48.5 Å². The molecule has 0 saturated carbocycles. The summed E-state index contributed by atoms with van der Waals surface area (Å²) < 4.78 is 5.18. The van der Waals surface area contributed by atoms with Gasteiger partial charge in [-0.15, -0.1) is 0 Å². The molecule has 0 aliphatic heterocycles. The summed E-state index contributed by atoms with van der Waals surface area (Å²) in [7, 11) is 1.63. The van der Waals surface area contributed by atoms with Gasteiger partial charge in [-0.1, -0.05) is 0 Å². The molecule has 0 fully saturated rings. The Labute approximate surface area is 115 Å². The van der Waals surface area contributed by atoms with Crippen LogP contribution in [0.2, 0.25) is 0 Å². The number of aromatic nitrogens is 1. The number of nitrogens with zero attached hydrogens (tertiary/aromatic N) is 1. The number of fused-ring (bicyclic) bond motifs is 1. The van der Waals surface area contributed by atoms with Gasteiger partial charge < -0.3 is 9.72 Å². The van der Waals surface area contributed by atoms with Crippen molar-refractivity contribution in [1.29, 1.82) is 0 Å². The van der Waals surface area contributed by atoms with Crippen molar-refractivity contribution in [3.63, 3.8) is 0 Å². The van der Waals surface area contributed by atoms with E-state index in [-0.39, 0.29) is 5.69 Å². The highest BCUT2D eigenvalue weighted by atomic mass is 16.6. The number of hydrogen-bond donors (Lipinski definition) is 1. The predicted molar refractivity (Wildman–Crippen MR) is 76.9 cm³/mol. The van der Waals surface area contributed by atoms with Gasteiger partial charge in [-0.3, -0.25) is 10.1 Å². The fourth-order valence-corrected chi connectivity index (χ4v) is 2.15. The summed E-state index contributed by atoms with van der Waals surface area (Å²) >= 11 is 0. The molecule has 1 N–H and O–H groups in total. The van der Waals surface area contributed by atoms with Crippen molar-refractivity contribution in [1.82, 2.24) is 4.98 Å². The number of nitro groups is 1. The predicted octanol–water partition coefficient (Wildman–Crippen LogP) is 3.75. The Kier molecular flexibility index (Phi) is 2.87. The third kappa shape index (κ3) is 2.09. The highest BCUT2D eigenvalue weighted by molar-refractivity contribution is 5.87. The largest absolute Gasteiger partial charge is 0.497 e. The molecule has 0 atom stereocenters. The smallest absolute Gasteiger partial charge is 0.269 e. The molecule has 5 heteroatoms. The van der Waals surface area contributed by atoms with E-state index in [1.54, 1.807) is 19.2 Å². The third-order valence-corrected chi connectivity index (χ3v) is 3.22. The van der Waals surface area contributed by atoms with Gasteiger partial charge in [0.25, 0.3) is 5.69 Å². The average molecular weight is 268 g/mol. The fourth-order valence-electron chi connectivity index (χ4n) is 2.15. The molecule has 0 aliphatic rings.